The van der Waals surface area contributed by atoms with Gasteiger partial charge in [-0.2, -0.15) is 0 Å². The third-order valence-corrected chi connectivity index (χ3v) is 6.33. The summed E-state index contributed by atoms with van der Waals surface area (Å²) in [5, 5.41) is 8.29. The first kappa shape index (κ1) is 21.1. The fraction of sp³-hybridized carbons (Fsp3) is 0.320. The van der Waals surface area contributed by atoms with Crippen LogP contribution in [-0.2, 0) is 6.54 Å². The number of carbonyl (C=O) groups is 1. The molecule has 1 N–H and O–H groups in total. The highest BCUT2D eigenvalue weighted by Crippen LogP contribution is 2.26. The van der Waals surface area contributed by atoms with E-state index in [1.54, 1.807) is 4.68 Å². The molecule has 168 valence electrons. The molecule has 3 heterocycles. The van der Waals surface area contributed by atoms with Crippen molar-refractivity contribution in [1.82, 2.24) is 29.9 Å². The molecule has 1 fully saturated rings. The number of nitrogens with one attached hydrogen (secondary N) is 1. The Bertz CT molecular complexity index is 1370. The van der Waals surface area contributed by atoms with Gasteiger partial charge in [-0.1, -0.05) is 47.2 Å². The molecule has 1 amide bonds. The Hall–Kier alpha value is -3.81. The molecule has 5 rings (SSSR count). The van der Waals surface area contributed by atoms with E-state index in [2.05, 4.69) is 47.3 Å². The predicted molar refractivity (Wildman–Crippen MR) is 125 cm³/mol. The van der Waals surface area contributed by atoms with E-state index < -0.39 is 0 Å². The van der Waals surface area contributed by atoms with Crippen molar-refractivity contribution >= 4 is 17.1 Å². The molecule has 33 heavy (non-hydrogen) atoms. The Morgan fingerprint density at radius 3 is 2.79 bits per heavy atom. The number of nitrogens with zero attached hydrogens (tertiary/aromatic N) is 5. The summed E-state index contributed by atoms with van der Waals surface area (Å²) in [6.07, 6.45) is 1.70. The number of hydrogen-bond acceptors (Lipinski definition) is 5. The van der Waals surface area contributed by atoms with Crippen LogP contribution in [0.25, 0.3) is 11.2 Å². The maximum absolute atomic E-state index is 12.9. The fourth-order valence-corrected chi connectivity index (χ4v) is 4.46. The molecule has 8 nitrogen and oxygen atoms in total. The number of fused-ring (bicyclic) bond motifs is 1. The van der Waals surface area contributed by atoms with Gasteiger partial charge in [-0.3, -0.25) is 9.59 Å². The average molecular weight is 443 g/mol. The molecule has 0 saturated carbocycles. The second kappa shape index (κ2) is 8.61. The molecule has 4 aromatic rings. The summed E-state index contributed by atoms with van der Waals surface area (Å²) < 4.78 is 1.69. The Morgan fingerprint density at radius 2 is 1.97 bits per heavy atom. The number of hydrogen-bond donors (Lipinski definition) is 1. The minimum Gasteiger partial charge on any atom is -0.338 e. The number of amides is 1. The fourth-order valence-electron chi connectivity index (χ4n) is 4.46. The Morgan fingerprint density at radius 1 is 1.15 bits per heavy atom. The standard InChI is InChI=1S/C25H26N6O2/c1-16-10-11-17(2)20(13-16)15-31-23-21(28-29-31)24(32)27-22(26-23)19-9-6-12-30(14-19)25(33)18-7-4-3-5-8-18/h3-5,7-8,10-11,13,19H,6,9,12,14-15H2,1-2H3,(H,26,27,32)/t19-/m0/s1. The summed E-state index contributed by atoms with van der Waals surface area (Å²) in [5.41, 5.74) is 4.51. The molecule has 0 bridgehead atoms. The van der Waals surface area contributed by atoms with Crippen molar-refractivity contribution in [2.75, 3.05) is 13.1 Å². The third kappa shape index (κ3) is 4.16. The SMILES string of the molecule is Cc1ccc(C)c(Cn2nnc3c(=O)[nH]c([C@H]4CCCN(C(=O)c5ccccc5)C4)nc32)c1. The van der Waals surface area contributed by atoms with Crippen molar-refractivity contribution < 1.29 is 4.79 Å². The minimum atomic E-state index is -0.297. The maximum Gasteiger partial charge on any atom is 0.281 e. The molecule has 1 saturated heterocycles. The van der Waals surface area contributed by atoms with Gasteiger partial charge in [0.05, 0.1) is 6.54 Å². The molecule has 0 unspecified atom stereocenters. The molecule has 0 radical (unpaired) electrons. The van der Waals surface area contributed by atoms with Gasteiger partial charge < -0.3 is 9.88 Å². The summed E-state index contributed by atoms with van der Waals surface area (Å²) in [6.45, 7) is 5.81. The molecular formula is C25H26N6O2. The first-order chi connectivity index (χ1) is 16.0. The zero-order chi connectivity index (χ0) is 22.9. The zero-order valence-electron chi connectivity index (χ0n) is 18.8. The lowest BCUT2D eigenvalue weighted by atomic mass is 9.96. The second-order valence-corrected chi connectivity index (χ2v) is 8.76. The largest absolute Gasteiger partial charge is 0.338 e. The highest BCUT2D eigenvalue weighted by atomic mass is 16.2. The van der Waals surface area contributed by atoms with Gasteiger partial charge in [-0.05, 0) is 49.9 Å². The number of piperidine rings is 1. The van der Waals surface area contributed by atoms with Gasteiger partial charge in [0.25, 0.3) is 11.5 Å². The van der Waals surface area contributed by atoms with Crippen LogP contribution >= 0.6 is 0 Å². The van der Waals surface area contributed by atoms with E-state index >= 15 is 0 Å². The minimum absolute atomic E-state index is 0.00496. The quantitative estimate of drug-likeness (QED) is 0.524. The zero-order valence-corrected chi connectivity index (χ0v) is 18.8. The van der Waals surface area contributed by atoms with E-state index in [1.807, 2.05) is 35.2 Å². The van der Waals surface area contributed by atoms with Crippen LogP contribution < -0.4 is 5.56 Å². The van der Waals surface area contributed by atoms with Crippen LogP contribution in [0.2, 0.25) is 0 Å². The summed E-state index contributed by atoms with van der Waals surface area (Å²) >= 11 is 0. The van der Waals surface area contributed by atoms with Gasteiger partial charge in [0, 0.05) is 24.6 Å². The van der Waals surface area contributed by atoms with E-state index in [0.717, 1.165) is 29.5 Å². The summed E-state index contributed by atoms with van der Waals surface area (Å²) in [5.74, 6) is 0.542. The van der Waals surface area contributed by atoms with Crippen LogP contribution in [0.3, 0.4) is 0 Å². The predicted octanol–water partition coefficient (Wildman–Crippen LogP) is 3.20. The number of H-pyrrole nitrogens is 1. The molecule has 2 aromatic heterocycles. The van der Waals surface area contributed by atoms with E-state index in [9.17, 15) is 9.59 Å². The van der Waals surface area contributed by atoms with E-state index in [-0.39, 0.29) is 22.9 Å². The van der Waals surface area contributed by atoms with E-state index in [1.165, 1.54) is 0 Å². The van der Waals surface area contributed by atoms with Gasteiger partial charge in [0.1, 0.15) is 5.82 Å². The Balaban J connectivity index is 1.45. The van der Waals surface area contributed by atoms with Gasteiger partial charge in [0.2, 0.25) is 0 Å². The van der Waals surface area contributed by atoms with Crippen molar-refractivity contribution in [3.8, 4) is 0 Å². The molecular weight excluding hydrogens is 416 g/mol. The lowest BCUT2D eigenvalue weighted by Gasteiger charge is -2.32. The van der Waals surface area contributed by atoms with Crippen molar-refractivity contribution in [2.24, 2.45) is 0 Å². The first-order valence-electron chi connectivity index (χ1n) is 11.2. The smallest absolute Gasteiger partial charge is 0.281 e. The normalized spacial score (nSPS) is 16.3. The van der Waals surface area contributed by atoms with E-state index in [4.69, 9.17) is 4.98 Å². The number of aromatic nitrogens is 5. The lowest BCUT2D eigenvalue weighted by Crippen LogP contribution is -2.39. The molecule has 1 aliphatic rings. The van der Waals surface area contributed by atoms with Crippen LogP contribution in [0.4, 0.5) is 0 Å². The second-order valence-electron chi connectivity index (χ2n) is 8.76. The number of likely N-dealkylation sites (tertiary alicyclic amines) is 1. The number of carbonyl (C=O) groups excluding carboxylic acids is 1. The molecule has 8 heteroatoms. The van der Waals surface area contributed by atoms with Crippen LogP contribution in [0.15, 0.2) is 53.3 Å². The average Bonchev–Trinajstić information content (AvgIpc) is 3.25. The van der Waals surface area contributed by atoms with Gasteiger partial charge in [-0.25, -0.2) is 9.67 Å². The van der Waals surface area contributed by atoms with Crippen molar-refractivity contribution in [3.63, 3.8) is 0 Å². The summed E-state index contributed by atoms with van der Waals surface area (Å²) in [6, 6.07) is 15.6. The Labute approximate surface area is 191 Å². The monoisotopic (exact) mass is 442 g/mol. The highest BCUT2D eigenvalue weighted by molar-refractivity contribution is 5.94. The number of benzene rings is 2. The number of aryl methyl sites for hydroxylation is 2. The van der Waals surface area contributed by atoms with Gasteiger partial charge in [-0.15, -0.1) is 5.10 Å². The van der Waals surface area contributed by atoms with Crippen LogP contribution in [0, 0.1) is 13.8 Å². The Kier molecular flexibility index (Phi) is 5.50. The molecule has 1 aliphatic heterocycles. The molecule has 2 aromatic carbocycles. The lowest BCUT2D eigenvalue weighted by molar-refractivity contribution is 0.0704. The third-order valence-electron chi connectivity index (χ3n) is 6.33. The summed E-state index contributed by atoms with van der Waals surface area (Å²) in [4.78, 5) is 35.2. The topological polar surface area (TPSA) is 96.8 Å². The molecule has 0 aliphatic carbocycles. The van der Waals surface area contributed by atoms with Crippen LogP contribution in [0.5, 0.6) is 0 Å². The van der Waals surface area contributed by atoms with E-state index in [0.29, 0.717) is 36.7 Å². The van der Waals surface area contributed by atoms with Crippen molar-refractivity contribution in [3.05, 3.63) is 87.0 Å². The molecule has 0 spiro atoms. The van der Waals surface area contributed by atoms with Crippen molar-refractivity contribution in [2.45, 2.75) is 39.2 Å². The number of rotatable bonds is 4. The van der Waals surface area contributed by atoms with Crippen molar-refractivity contribution in [1.29, 1.82) is 0 Å². The van der Waals surface area contributed by atoms with Crippen LogP contribution in [0.1, 0.15) is 51.6 Å². The van der Waals surface area contributed by atoms with Gasteiger partial charge in [0.15, 0.2) is 11.2 Å². The summed E-state index contributed by atoms with van der Waals surface area (Å²) in [7, 11) is 0. The number of aromatic amines is 1. The maximum atomic E-state index is 12.9. The molecule has 1 atom stereocenters. The van der Waals surface area contributed by atoms with Gasteiger partial charge >= 0.3 is 0 Å². The van der Waals surface area contributed by atoms with Crippen LogP contribution in [-0.4, -0.2) is 48.9 Å². The first-order valence-corrected chi connectivity index (χ1v) is 11.2. The highest BCUT2D eigenvalue weighted by Gasteiger charge is 2.28.